The number of carboxylic acid groups (broad SMARTS) is 1. The summed E-state index contributed by atoms with van der Waals surface area (Å²) in [6, 6.07) is -0.0668. The second-order valence-electron chi connectivity index (χ2n) is 4.27. The van der Waals surface area contributed by atoms with E-state index in [1.807, 2.05) is 6.92 Å². The van der Waals surface area contributed by atoms with Crippen molar-refractivity contribution >= 4 is 16.0 Å². The molecule has 0 spiro atoms. The molecule has 1 rings (SSSR count). The number of hydrogen-bond donors (Lipinski definition) is 2. The number of rotatable bonds is 4. The van der Waals surface area contributed by atoms with Gasteiger partial charge < -0.3 is 10.8 Å². The fraction of sp³-hybridized carbons (Fsp3) is 0.889. The highest BCUT2D eigenvalue weighted by atomic mass is 32.2. The van der Waals surface area contributed by atoms with Crippen molar-refractivity contribution in [2.75, 3.05) is 18.8 Å². The molecule has 1 heterocycles. The van der Waals surface area contributed by atoms with Crippen molar-refractivity contribution in [3.05, 3.63) is 0 Å². The van der Waals surface area contributed by atoms with Crippen LogP contribution in [0.5, 0.6) is 0 Å². The number of aliphatic carboxylic acids is 1. The van der Waals surface area contributed by atoms with E-state index < -0.39 is 21.7 Å². The maximum atomic E-state index is 11.7. The van der Waals surface area contributed by atoms with E-state index in [0.717, 1.165) is 12.8 Å². The molecule has 0 bridgehead atoms. The van der Waals surface area contributed by atoms with Crippen LogP contribution in [-0.2, 0) is 14.8 Å². The van der Waals surface area contributed by atoms with Crippen LogP contribution in [0.25, 0.3) is 0 Å². The molecule has 0 amide bonds. The zero-order valence-electron chi connectivity index (χ0n) is 9.30. The maximum Gasteiger partial charge on any atom is 0.320 e. The van der Waals surface area contributed by atoms with Gasteiger partial charge in [-0.2, -0.15) is 0 Å². The van der Waals surface area contributed by atoms with Crippen LogP contribution in [-0.4, -0.2) is 48.7 Å². The van der Waals surface area contributed by atoms with Crippen molar-refractivity contribution in [1.82, 2.24) is 4.31 Å². The summed E-state index contributed by atoms with van der Waals surface area (Å²) in [6.45, 7) is 2.59. The lowest BCUT2D eigenvalue weighted by atomic mass is 9.93. The van der Waals surface area contributed by atoms with Crippen molar-refractivity contribution in [2.24, 2.45) is 11.7 Å². The second-order valence-corrected chi connectivity index (χ2v) is 6.24. The number of nitrogens with zero attached hydrogens (tertiary/aromatic N) is 1. The van der Waals surface area contributed by atoms with Gasteiger partial charge in [-0.15, -0.1) is 0 Å². The molecule has 0 aromatic rings. The summed E-state index contributed by atoms with van der Waals surface area (Å²) in [5.74, 6) is -2.03. The van der Waals surface area contributed by atoms with E-state index in [0.29, 0.717) is 13.1 Å². The normalized spacial score (nSPS) is 25.2. The average Bonchev–Trinajstić information content (AvgIpc) is 2.16. The van der Waals surface area contributed by atoms with Crippen LogP contribution < -0.4 is 5.73 Å². The molecule has 0 aliphatic carbocycles. The Bertz CT molecular complexity index is 353. The number of hydrogen-bond acceptors (Lipinski definition) is 4. The Morgan fingerprint density at radius 2 is 2.25 bits per heavy atom. The molecule has 94 valence electrons. The first-order valence-electron chi connectivity index (χ1n) is 5.28. The van der Waals surface area contributed by atoms with Crippen molar-refractivity contribution < 1.29 is 18.3 Å². The molecule has 0 aromatic heterocycles. The van der Waals surface area contributed by atoms with Crippen LogP contribution in [0.15, 0.2) is 0 Å². The number of sulfonamides is 1. The highest BCUT2D eigenvalue weighted by molar-refractivity contribution is 7.89. The van der Waals surface area contributed by atoms with Gasteiger partial charge in [0.2, 0.25) is 10.0 Å². The first kappa shape index (κ1) is 13.4. The standard InChI is InChI=1S/C9H18N2O4S/c1-7(10)8-3-2-4-11(5-8)16(14,15)6-9(12)13/h7-8H,2-6,10H2,1H3,(H,12,13). The van der Waals surface area contributed by atoms with Gasteiger partial charge in [0.15, 0.2) is 5.75 Å². The Hall–Kier alpha value is -0.660. The van der Waals surface area contributed by atoms with Gasteiger partial charge in [-0.05, 0) is 25.7 Å². The van der Waals surface area contributed by atoms with Crippen molar-refractivity contribution in [3.63, 3.8) is 0 Å². The van der Waals surface area contributed by atoms with Gasteiger partial charge in [-0.3, -0.25) is 4.79 Å². The number of carboxylic acids is 1. The highest BCUT2D eigenvalue weighted by Crippen LogP contribution is 2.21. The second kappa shape index (κ2) is 5.11. The van der Waals surface area contributed by atoms with Crippen LogP contribution in [0, 0.1) is 5.92 Å². The van der Waals surface area contributed by atoms with E-state index in [-0.39, 0.29) is 12.0 Å². The lowest BCUT2D eigenvalue weighted by molar-refractivity contribution is -0.134. The Balaban J connectivity index is 2.70. The van der Waals surface area contributed by atoms with Crippen LogP contribution >= 0.6 is 0 Å². The van der Waals surface area contributed by atoms with Gasteiger partial charge >= 0.3 is 5.97 Å². The summed E-state index contributed by atoms with van der Waals surface area (Å²) in [7, 11) is -3.67. The van der Waals surface area contributed by atoms with Gasteiger partial charge in [0.1, 0.15) is 0 Å². The lowest BCUT2D eigenvalue weighted by Crippen LogP contribution is -2.46. The molecular formula is C9H18N2O4S. The minimum atomic E-state index is -3.67. The summed E-state index contributed by atoms with van der Waals surface area (Å²) >= 11 is 0. The van der Waals surface area contributed by atoms with E-state index >= 15 is 0 Å². The molecule has 1 fully saturated rings. The van der Waals surface area contributed by atoms with Crippen LogP contribution in [0.1, 0.15) is 19.8 Å². The molecule has 16 heavy (non-hydrogen) atoms. The van der Waals surface area contributed by atoms with Gasteiger partial charge in [0.25, 0.3) is 0 Å². The largest absolute Gasteiger partial charge is 0.480 e. The molecular weight excluding hydrogens is 232 g/mol. The SMILES string of the molecule is CC(N)C1CCCN(S(=O)(=O)CC(=O)O)C1. The molecule has 2 atom stereocenters. The first-order valence-corrected chi connectivity index (χ1v) is 6.89. The minimum Gasteiger partial charge on any atom is -0.480 e. The van der Waals surface area contributed by atoms with E-state index in [1.54, 1.807) is 0 Å². The van der Waals surface area contributed by atoms with Crippen LogP contribution in [0.4, 0.5) is 0 Å². The highest BCUT2D eigenvalue weighted by Gasteiger charge is 2.31. The van der Waals surface area contributed by atoms with Gasteiger partial charge in [0, 0.05) is 19.1 Å². The Labute approximate surface area is 95.5 Å². The van der Waals surface area contributed by atoms with Crippen molar-refractivity contribution in [1.29, 1.82) is 0 Å². The molecule has 0 aromatic carbocycles. The zero-order chi connectivity index (χ0) is 12.3. The Morgan fingerprint density at radius 3 is 2.75 bits per heavy atom. The summed E-state index contributed by atoms with van der Waals surface area (Å²) in [5.41, 5.74) is 5.74. The predicted molar refractivity (Wildman–Crippen MR) is 59.4 cm³/mol. The molecule has 3 N–H and O–H groups in total. The molecule has 0 saturated carbocycles. The predicted octanol–water partition coefficient (Wildman–Crippen LogP) is -0.540. The summed E-state index contributed by atoms with van der Waals surface area (Å²) < 4.78 is 24.6. The number of carbonyl (C=O) groups is 1. The molecule has 0 radical (unpaired) electrons. The summed E-state index contributed by atoms with van der Waals surface area (Å²) in [5, 5.41) is 8.52. The molecule has 1 saturated heterocycles. The molecule has 2 unspecified atom stereocenters. The Morgan fingerprint density at radius 1 is 1.62 bits per heavy atom. The van der Waals surface area contributed by atoms with E-state index in [9.17, 15) is 13.2 Å². The quantitative estimate of drug-likeness (QED) is 0.698. The third kappa shape index (κ3) is 3.43. The third-order valence-electron chi connectivity index (χ3n) is 2.86. The van der Waals surface area contributed by atoms with Gasteiger partial charge in [-0.25, -0.2) is 12.7 Å². The van der Waals surface area contributed by atoms with Crippen LogP contribution in [0.2, 0.25) is 0 Å². The fourth-order valence-electron chi connectivity index (χ4n) is 1.90. The third-order valence-corrected chi connectivity index (χ3v) is 4.59. The molecule has 6 nitrogen and oxygen atoms in total. The molecule has 7 heteroatoms. The Kier molecular flexibility index (Phi) is 4.28. The summed E-state index contributed by atoms with van der Waals surface area (Å²) in [6.07, 6.45) is 1.64. The lowest BCUT2D eigenvalue weighted by Gasteiger charge is -2.33. The number of nitrogens with two attached hydrogens (primary N) is 1. The van der Waals surface area contributed by atoms with E-state index in [4.69, 9.17) is 10.8 Å². The van der Waals surface area contributed by atoms with Gasteiger partial charge in [-0.1, -0.05) is 0 Å². The maximum absolute atomic E-state index is 11.7. The molecule has 1 aliphatic rings. The van der Waals surface area contributed by atoms with Gasteiger partial charge in [0.05, 0.1) is 0 Å². The number of piperidine rings is 1. The zero-order valence-corrected chi connectivity index (χ0v) is 10.1. The topological polar surface area (TPSA) is 101 Å². The smallest absolute Gasteiger partial charge is 0.320 e. The van der Waals surface area contributed by atoms with E-state index in [2.05, 4.69) is 0 Å². The minimum absolute atomic E-state index is 0.0668. The average molecular weight is 250 g/mol. The monoisotopic (exact) mass is 250 g/mol. The van der Waals surface area contributed by atoms with Crippen molar-refractivity contribution in [2.45, 2.75) is 25.8 Å². The molecule has 1 aliphatic heterocycles. The first-order chi connectivity index (χ1) is 7.33. The van der Waals surface area contributed by atoms with E-state index in [1.165, 1.54) is 4.31 Å². The van der Waals surface area contributed by atoms with Crippen molar-refractivity contribution in [3.8, 4) is 0 Å². The fourth-order valence-corrected chi connectivity index (χ4v) is 3.22. The van der Waals surface area contributed by atoms with Crippen LogP contribution in [0.3, 0.4) is 0 Å². The summed E-state index contributed by atoms with van der Waals surface area (Å²) in [4.78, 5) is 10.4.